The van der Waals surface area contributed by atoms with Gasteiger partial charge in [0.05, 0.1) is 17.7 Å². The Morgan fingerprint density at radius 1 is 1.47 bits per heavy atom. The summed E-state index contributed by atoms with van der Waals surface area (Å²) in [6, 6.07) is 1.16. The van der Waals surface area contributed by atoms with Crippen molar-refractivity contribution in [1.29, 1.82) is 0 Å². The highest BCUT2D eigenvalue weighted by Gasteiger charge is 2.22. The van der Waals surface area contributed by atoms with Gasteiger partial charge in [-0.3, -0.25) is 9.59 Å². The fourth-order valence-corrected chi connectivity index (χ4v) is 1.44. The van der Waals surface area contributed by atoms with Crippen LogP contribution >= 0.6 is 0 Å². The van der Waals surface area contributed by atoms with Crippen molar-refractivity contribution in [3.63, 3.8) is 0 Å². The highest BCUT2D eigenvalue weighted by Crippen LogP contribution is 2.12. The number of furan rings is 1. The summed E-state index contributed by atoms with van der Waals surface area (Å²) in [4.78, 5) is 22.6. The van der Waals surface area contributed by atoms with Crippen molar-refractivity contribution >= 4 is 11.9 Å². The summed E-state index contributed by atoms with van der Waals surface area (Å²) < 4.78 is 5.15. The predicted octanol–water partition coefficient (Wildman–Crippen LogP) is 1.68. The molecular weight excluding hydrogens is 222 g/mol. The normalized spacial score (nSPS) is 14.1. The Bertz CT molecular complexity index is 410. The molecule has 1 rings (SSSR count). The number of amides is 1. The molecule has 1 aromatic heterocycles. The minimum Gasteiger partial charge on any atom is -0.481 e. The van der Waals surface area contributed by atoms with Crippen molar-refractivity contribution in [3.05, 3.63) is 23.7 Å². The molecule has 1 heterocycles. The van der Waals surface area contributed by atoms with Gasteiger partial charge in [0.2, 0.25) is 0 Å². The molecule has 5 heteroatoms. The van der Waals surface area contributed by atoms with Crippen LogP contribution in [0.2, 0.25) is 0 Å². The lowest BCUT2D eigenvalue weighted by Crippen LogP contribution is -2.40. The Labute approximate surface area is 99.8 Å². The van der Waals surface area contributed by atoms with Crippen LogP contribution in [0.4, 0.5) is 0 Å². The van der Waals surface area contributed by atoms with E-state index in [1.165, 1.54) is 6.26 Å². The second kappa shape index (κ2) is 5.52. The second-order valence-electron chi connectivity index (χ2n) is 4.00. The summed E-state index contributed by atoms with van der Waals surface area (Å²) in [5.41, 5.74) is 0.469. The number of carbonyl (C=O) groups excluding carboxylic acids is 1. The lowest BCUT2D eigenvalue weighted by Gasteiger charge is -2.17. The van der Waals surface area contributed by atoms with Crippen molar-refractivity contribution in [1.82, 2.24) is 5.32 Å². The van der Waals surface area contributed by atoms with Crippen molar-refractivity contribution in [2.24, 2.45) is 5.92 Å². The van der Waals surface area contributed by atoms with Crippen molar-refractivity contribution in [3.8, 4) is 0 Å². The van der Waals surface area contributed by atoms with E-state index in [-0.39, 0.29) is 5.91 Å². The summed E-state index contributed by atoms with van der Waals surface area (Å²) in [6.07, 6.45) is 2.08. The Kier molecular flexibility index (Phi) is 4.31. The molecule has 2 atom stereocenters. The molecule has 5 nitrogen and oxygen atoms in total. The van der Waals surface area contributed by atoms with Gasteiger partial charge >= 0.3 is 5.97 Å². The molecule has 2 N–H and O–H groups in total. The van der Waals surface area contributed by atoms with E-state index in [1.807, 2.05) is 6.92 Å². The first kappa shape index (κ1) is 13.3. The molecule has 0 aromatic carbocycles. The second-order valence-corrected chi connectivity index (χ2v) is 4.00. The van der Waals surface area contributed by atoms with Crippen LogP contribution in [0.5, 0.6) is 0 Å². The maximum absolute atomic E-state index is 11.9. The number of hydrogen-bond acceptors (Lipinski definition) is 3. The molecule has 1 aromatic rings. The third kappa shape index (κ3) is 3.09. The van der Waals surface area contributed by atoms with E-state index in [0.717, 1.165) is 0 Å². The molecule has 0 saturated heterocycles. The first-order valence-electron chi connectivity index (χ1n) is 5.57. The summed E-state index contributed by atoms with van der Waals surface area (Å²) in [6.45, 7) is 5.12. The van der Waals surface area contributed by atoms with E-state index in [1.54, 1.807) is 19.9 Å². The van der Waals surface area contributed by atoms with Crippen LogP contribution in [0.25, 0.3) is 0 Å². The van der Waals surface area contributed by atoms with E-state index in [2.05, 4.69) is 5.32 Å². The van der Waals surface area contributed by atoms with Gasteiger partial charge in [0.15, 0.2) is 0 Å². The molecule has 94 valence electrons. The van der Waals surface area contributed by atoms with E-state index >= 15 is 0 Å². The maximum Gasteiger partial charge on any atom is 0.308 e. The Balaban J connectivity index is 2.70. The number of carboxylic acids is 1. The largest absolute Gasteiger partial charge is 0.481 e. The quantitative estimate of drug-likeness (QED) is 0.819. The fourth-order valence-electron chi connectivity index (χ4n) is 1.44. The van der Waals surface area contributed by atoms with Crippen LogP contribution in [0.3, 0.4) is 0 Å². The van der Waals surface area contributed by atoms with E-state index in [9.17, 15) is 9.59 Å². The first-order chi connectivity index (χ1) is 7.97. The average Bonchev–Trinajstić information content (AvgIpc) is 2.75. The molecule has 1 amide bonds. The predicted molar refractivity (Wildman–Crippen MR) is 61.8 cm³/mol. The van der Waals surface area contributed by atoms with Gasteiger partial charge in [0, 0.05) is 12.5 Å². The summed E-state index contributed by atoms with van der Waals surface area (Å²) in [5.74, 6) is -1.24. The van der Waals surface area contributed by atoms with Crippen molar-refractivity contribution < 1.29 is 19.1 Å². The van der Waals surface area contributed by atoms with Crippen molar-refractivity contribution in [2.75, 3.05) is 0 Å². The minimum atomic E-state index is -0.930. The lowest BCUT2D eigenvalue weighted by atomic mass is 10.0. The van der Waals surface area contributed by atoms with Gasteiger partial charge in [0.1, 0.15) is 5.76 Å². The molecule has 0 saturated carbocycles. The number of aryl methyl sites for hydroxylation is 1. The third-order valence-electron chi connectivity index (χ3n) is 2.81. The summed E-state index contributed by atoms with van der Waals surface area (Å²) in [7, 11) is 0. The number of aliphatic carboxylic acids is 1. The molecule has 0 aliphatic rings. The summed E-state index contributed by atoms with van der Waals surface area (Å²) in [5, 5.41) is 11.5. The van der Waals surface area contributed by atoms with Gasteiger partial charge < -0.3 is 14.8 Å². The molecule has 0 spiro atoms. The third-order valence-corrected chi connectivity index (χ3v) is 2.81. The van der Waals surface area contributed by atoms with Crippen LogP contribution in [0.1, 0.15) is 36.9 Å². The topological polar surface area (TPSA) is 79.5 Å². The summed E-state index contributed by atoms with van der Waals surface area (Å²) >= 11 is 0. The number of carbonyl (C=O) groups is 2. The molecule has 0 radical (unpaired) electrons. The molecule has 0 fully saturated rings. The van der Waals surface area contributed by atoms with Gasteiger partial charge in [-0.1, -0.05) is 6.92 Å². The molecule has 0 bridgehead atoms. The standard InChI is InChI=1S/C12H17NO4/c1-4-10-9(5-6-17-10)11(14)13-8(3)7(2)12(15)16/h5-8H,4H2,1-3H3,(H,13,14)(H,15,16). The molecule has 2 unspecified atom stereocenters. The van der Waals surface area contributed by atoms with Gasteiger partial charge in [-0.25, -0.2) is 0 Å². The minimum absolute atomic E-state index is 0.295. The SMILES string of the molecule is CCc1occc1C(=O)NC(C)C(C)C(=O)O. The zero-order valence-corrected chi connectivity index (χ0v) is 10.2. The van der Waals surface area contributed by atoms with Gasteiger partial charge in [-0.05, 0) is 19.9 Å². The number of carboxylic acid groups (broad SMARTS) is 1. The number of nitrogens with one attached hydrogen (secondary N) is 1. The highest BCUT2D eigenvalue weighted by atomic mass is 16.4. The maximum atomic E-state index is 11.9. The van der Waals surface area contributed by atoms with E-state index in [4.69, 9.17) is 9.52 Å². The van der Waals surface area contributed by atoms with E-state index < -0.39 is 17.9 Å². The first-order valence-corrected chi connectivity index (χ1v) is 5.57. The smallest absolute Gasteiger partial charge is 0.308 e. The molecule has 0 aliphatic carbocycles. The van der Waals surface area contributed by atoms with E-state index in [0.29, 0.717) is 17.7 Å². The zero-order chi connectivity index (χ0) is 13.0. The Morgan fingerprint density at radius 3 is 2.65 bits per heavy atom. The fraction of sp³-hybridized carbons (Fsp3) is 0.500. The van der Waals surface area contributed by atoms with Crippen LogP contribution in [0.15, 0.2) is 16.7 Å². The monoisotopic (exact) mass is 239 g/mol. The van der Waals surface area contributed by atoms with Crippen molar-refractivity contribution in [2.45, 2.75) is 33.2 Å². The lowest BCUT2D eigenvalue weighted by molar-refractivity contribution is -0.141. The number of rotatable bonds is 5. The number of hydrogen-bond donors (Lipinski definition) is 2. The van der Waals surface area contributed by atoms with Gasteiger partial charge in [0.25, 0.3) is 5.91 Å². The van der Waals surface area contributed by atoms with Crippen LogP contribution in [0, 0.1) is 5.92 Å². The zero-order valence-electron chi connectivity index (χ0n) is 10.2. The molecular formula is C12H17NO4. The van der Waals surface area contributed by atoms with Gasteiger partial charge in [-0.15, -0.1) is 0 Å². The molecule has 0 aliphatic heterocycles. The molecule has 17 heavy (non-hydrogen) atoms. The Hall–Kier alpha value is -1.78. The van der Waals surface area contributed by atoms with Crippen LogP contribution in [-0.2, 0) is 11.2 Å². The van der Waals surface area contributed by atoms with Crippen LogP contribution < -0.4 is 5.32 Å². The Morgan fingerprint density at radius 2 is 2.12 bits per heavy atom. The van der Waals surface area contributed by atoms with Crippen LogP contribution in [-0.4, -0.2) is 23.0 Å². The highest BCUT2D eigenvalue weighted by molar-refractivity contribution is 5.95. The van der Waals surface area contributed by atoms with Gasteiger partial charge in [-0.2, -0.15) is 0 Å². The average molecular weight is 239 g/mol.